The highest BCUT2D eigenvalue weighted by molar-refractivity contribution is 6.77. The molecule has 0 saturated heterocycles. The average Bonchev–Trinajstić information content (AvgIpc) is 3.00. The molecule has 0 bridgehead atoms. The van der Waals surface area contributed by atoms with E-state index in [-0.39, 0.29) is 30.4 Å². The fourth-order valence-corrected chi connectivity index (χ4v) is 11.1. The van der Waals surface area contributed by atoms with Crippen LogP contribution < -0.4 is 10.6 Å². The van der Waals surface area contributed by atoms with Gasteiger partial charge >= 0.3 is 12.1 Å². The number of phenols is 1. The van der Waals surface area contributed by atoms with Crippen molar-refractivity contribution in [2.24, 2.45) is 0 Å². The molecule has 47 heavy (non-hydrogen) atoms. The summed E-state index contributed by atoms with van der Waals surface area (Å²) in [5, 5.41) is 15.8. The van der Waals surface area contributed by atoms with Crippen molar-refractivity contribution >= 4 is 26.3 Å². The van der Waals surface area contributed by atoms with Gasteiger partial charge in [0.2, 0.25) is 5.91 Å². The monoisotopic (exact) mass is 668 g/mol. The van der Waals surface area contributed by atoms with E-state index >= 15 is 0 Å². The van der Waals surface area contributed by atoms with Gasteiger partial charge in [0, 0.05) is 38.3 Å². The molecule has 0 unspecified atom stereocenters. The van der Waals surface area contributed by atoms with Crippen molar-refractivity contribution in [3.05, 3.63) is 90.2 Å². The Balaban J connectivity index is 2.99. The van der Waals surface area contributed by atoms with Crippen LogP contribution >= 0.6 is 0 Å². The van der Waals surface area contributed by atoms with Crippen LogP contribution in [0.15, 0.2) is 79.1 Å². The molecule has 1 atom stereocenters. The summed E-state index contributed by atoms with van der Waals surface area (Å²) >= 11 is 0. The largest absolute Gasteiger partial charge is 0.507 e. The number of nitrogens with one attached hydrogen (secondary N) is 2. The first kappa shape index (κ1) is 41.1. The number of phenolic OH excluding ortho intramolecular Hbond substituents is 1. The van der Waals surface area contributed by atoms with Crippen LogP contribution in [-0.2, 0) is 25.1 Å². The lowest BCUT2D eigenvalue weighted by Gasteiger charge is -2.42. The zero-order chi connectivity index (χ0) is 35.4. The molecule has 0 aliphatic carbocycles. The van der Waals surface area contributed by atoms with Gasteiger partial charge in [-0.3, -0.25) is 4.79 Å². The van der Waals surface area contributed by atoms with Crippen LogP contribution in [0.4, 0.5) is 4.79 Å². The van der Waals surface area contributed by atoms with Crippen LogP contribution in [0.25, 0.3) is 0 Å². The van der Waals surface area contributed by atoms with Crippen molar-refractivity contribution in [2.75, 3.05) is 19.8 Å². The zero-order valence-electron chi connectivity index (χ0n) is 29.5. The fourth-order valence-electron chi connectivity index (χ4n) is 5.64. The molecule has 0 fully saturated rings. The summed E-state index contributed by atoms with van der Waals surface area (Å²) in [5.74, 6) is -1.07. The molecule has 0 heterocycles. The van der Waals surface area contributed by atoms with Gasteiger partial charge in [0.05, 0.1) is 0 Å². The maximum atomic E-state index is 13.5. The predicted octanol–water partition coefficient (Wildman–Crippen LogP) is 8.05. The van der Waals surface area contributed by atoms with E-state index in [1.807, 2.05) is 26.0 Å². The number of hydrogen-bond acceptors (Lipinski definition) is 7. The third-order valence-corrected chi connectivity index (χ3v) is 13.9. The number of carbonyl (C=O) groups excluding carboxylic acids is 3. The van der Waals surface area contributed by atoms with Crippen molar-refractivity contribution in [2.45, 2.75) is 97.4 Å². The van der Waals surface area contributed by atoms with E-state index in [1.165, 1.54) is 24.4 Å². The number of amides is 2. The molecule has 0 saturated carbocycles. The lowest BCUT2D eigenvalue weighted by molar-refractivity contribution is -0.115. The third-order valence-electron chi connectivity index (χ3n) is 7.77. The van der Waals surface area contributed by atoms with Gasteiger partial charge in [-0.1, -0.05) is 102 Å². The number of rotatable bonds is 20. The van der Waals surface area contributed by atoms with Crippen LogP contribution in [0.3, 0.4) is 0 Å². The number of hydrogen-bond donors (Lipinski definition) is 3. The zero-order valence-corrected chi connectivity index (χ0v) is 30.5. The normalized spacial score (nSPS) is 12.7. The van der Waals surface area contributed by atoms with Crippen molar-refractivity contribution < 1.29 is 33.4 Å². The van der Waals surface area contributed by atoms with Gasteiger partial charge in [-0.2, -0.15) is 0 Å². The maximum absolute atomic E-state index is 13.5. The minimum Gasteiger partial charge on any atom is -0.507 e. The molecule has 3 N–H and O–H groups in total. The molecule has 1 aromatic rings. The molecule has 2 amide bonds. The standard InChI is InChI=1S/C37H56N2O7Si/c1-10-25-44-37(43)39-23-13-11-12-19-34(41)38-24-15-17-32(22-26-45-47(28(4)5,29(6)7)30(8)9)46-36(42)35-31(21-20-27(2)3)16-14-18-33(35)40/h10-16,18-20,24,28-30,32,40H,1,17,21-23,25-26H2,2-9H3,(H,38,41)(H,39,43)/b13-11+,19-12+,24-15+/t32-/m0/s1. The summed E-state index contributed by atoms with van der Waals surface area (Å²) in [6, 6.07) is 5.02. The van der Waals surface area contributed by atoms with Gasteiger partial charge < -0.3 is 29.6 Å². The number of carbonyl (C=O) groups is 3. The van der Waals surface area contributed by atoms with E-state index in [0.29, 0.717) is 48.1 Å². The smallest absolute Gasteiger partial charge is 0.407 e. The Labute approximate surface area is 283 Å². The lowest BCUT2D eigenvalue weighted by Crippen LogP contribution is -2.48. The first-order chi connectivity index (χ1) is 22.3. The first-order valence-corrected chi connectivity index (χ1v) is 18.5. The average molecular weight is 669 g/mol. The third kappa shape index (κ3) is 14.6. The van der Waals surface area contributed by atoms with Gasteiger partial charge in [0.15, 0.2) is 8.32 Å². The van der Waals surface area contributed by atoms with E-state index in [9.17, 15) is 19.5 Å². The second-order valence-electron chi connectivity index (χ2n) is 12.5. The van der Waals surface area contributed by atoms with Crippen molar-refractivity contribution in [1.82, 2.24) is 10.6 Å². The number of esters is 1. The second-order valence-corrected chi connectivity index (χ2v) is 17.9. The van der Waals surface area contributed by atoms with Crippen LogP contribution in [-0.4, -0.2) is 57.3 Å². The summed E-state index contributed by atoms with van der Waals surface area (Å²) in [6.07, 6.45) is 13.1. The molecule has 1 rings (SSSR count). The summed E-state index contributed by atoms with van der Waals surface area (Å²) in [4.78, 5) is 37.1. The van der Waals surface area contributed by atoms with E-state index in [4.69, 9.17) is 13.9 Å². The number of allylic oxidation sites excluding steroid dienone is 4. The Morgan fingerprint density at radius 2 is 1.68 bits per heavy atom. The van der Waals surface area contributed by atoms with Crippen LogP contribution in [0.1, 0.15) is 84.2 Å². The molecule has 0 radical (unpaired) electrons. The molecule has 9 nitrogen and oxygen atoms in total. The number of aromatic hydroxyl groups is 1. The molecule has 0 aromatic heterocycles. The quantitative estimate of drug-likeness (QED) is 0.0422. The summed E-state index contributed by atoms with van der Waals surface area (Å²) in [7, 11) is -2.13. The number of alkyl carbamates (subject to hydrolysis) is 1. The van der Waals surface area contributed by atoms with Crippen LogP contribution in [0.5, 0.6) is 5.75 Å². The van der Waals surface area contributed by atoms with Gasteiger partial charge in [0.1, 0.15) is 24.0 Å². The number of ether oxygens (including phenoxy) is 2. The summed E-state index contributed by atoms with van der Waals surface area (Å²) < 4.78 is 17.5. The highest BCUT2D eigenvalue weighted by Crippen LogP contribution is 2.42. The number of benzene rings is 1. The van der Waals surface area contributed by atoms with Gasteiger partial charge in [-0.25, -0.2) is 9.59 Å². The Morgan fingerprint density at radius 1 is 1.00 bits per heavy atom. The van der Waals surface area contributed by atoms with E-state index < -0.39 is 26.5 Å². The molecule has 260 valence electrons. The SMILES string of the molecule is C=CCOC(=O)NC/C=C/C=C/C(=O)N/C=C/C[C@@H](CCO[Si](C(C)C)(C(C)C)C(C)C)OC(=O)c1c(O)cccc1CC=C(C)C. The predicted molar refractivity (Wildman–Crippen MR) is 192 cm³/mol. The minimum atomic E-state index is -2.13. The van der Waals surface area contributed by atoms with Crippen LogP contribution in [0.2, 0.25) is 16.6 Å². The molecule has 0 aliphatic heterocycles. The Hall–Kier alpha value is -3.89. The van der Waals surface area contributed by atoms with E-state index in [1.54, 1.807) is 30.4 Å². The molecular weight excluding hydrogens is 613 g/mol. The highest BCUT2D eigenvalue weighted by atomic mass is 28.4. The molecular formula is C37H56N2O7Si. The first-order valence-electron chi connectivity index (χ1n) is 16.3. The topological polar surface area (TPSA) is 123 Å². The van der Waals surface area contributed by atoms with Gasteiger partial charge in [-0.15, -0.1) is 0 Å². The fraction of sp³-hybridized carbons (Fsp3) is 0.486. The molecule has 0 spiro atoms. The van der Waals surface area contributed by atoms with Crippen LogP contribution in [0, 0.1) is 0 Å². The van der Waals surface area contributed by atoms with Crippen molar-refractivity contribution in [3.63, 3.8) is 0 Å². The van der Waals surface area contributed by atoms with Gasteiger partial charge in [-0.05, 0) is 48.5 Å². The Morgan fingerprint density at radius 3 is 2.30 bits per heavy atom. The summed E-state index contributed by atoms with van der Waals surface area (Å²) in [5.41, 5.74) is 3.18. The lowest BCUT2D eigenvalue weighted by atomic mass is 10.0. The van der Waals surface area contributed by atoms with Crippen molar-refractivity contribution in [3.8, 4) is 5.75 Å². The highest BCUT2D eigenvalue weighted by Gasteiger charge is 2.45. The Kier molecular flexibility index (Phi) is 19.1. The Bertz CT molecular complexity index is 1260. The van der Waals surface area contributed by atoms with E-state index in [2.05, 4.69) is 58.8 Å². The summed E-state index contributed by atoms with van der Waals surface area (Å²) in [6.45, 7) is 21.6. The van der Waals surface area contributed by atoms with E-state index in [0.717, 1.165) is 5.57 Å². The second kappa shape index (κ2) is 21.8. The van der Waals surface area contributed by atoms with Gasteiger partial charge in [0.25, 0.3) is 0 Å². The minimum absolute atomic E-state index is 0.123. The molecule has 10 heteroatoms. The maximum Gasteiger partial charge on any atom is 0.407 e. The van der Waals surface area contributed by atoms with Crippen molar-refractivity contribution in [1.29, 1.82) is 0 Å². The molecule has 0 aliphatic rings. The molecule has 1 aromatic carbocycles.